The Balaban J connectivity index is 2.12. The van der Waals surface area contributed by atoms with Crippen molar-refractivity contribution >= 4 is 0 Å². The Hall–Kier alpha value is -1.13. The predicted octanol–water partition coefficient (Wildman–Crippen LogP) is 2.23. The average Bonchev–Trinajstić information content (AvgIpc) is 2.36. The van der Waals surface area contributed by atoms with E-state index in [0.29, 0.717) is 25.2 Å². The maximum atomic E-state index is 13.3. The largest absolute Gasteiger partial charge is 0.505 e. The van der Waals surface area contributed by atoms with Crippen LogP contribution in [0.4, 0.5) is 4.39 Å². The smallest absolute Gasteiger partial charge is 0.165 e. The lowest BCUT2D eigenvalue weighted by Gasteiger charge is -2.40. The topological polar surface area (TPSA) is 49.5 Å². The van der Waals surface area contributed by atoms with Crippen molar-refractivity contribution in [2.45, 2.75) is 44.8 Å². The number of aromatic hydroxyl groups is 1. The van der Waals surface area contributed by atoms with Gasteiger partial charge < -0.3 is 10.8 Å². The van der Waals surface area contributed by atoms with E-state index in [1.807, 2.05) is 0 Å². The fourth-order valence-corrected chi connectivity index (χ4v) is 2.74. The van der Waals surface area contributed by atoms with E-state index in [1.54, 1.807) is 6.07 Å². The maximum Gasteiger partial charge on any atom is 0.165 e. The molecule has 0 aliphatic carbocycles. The highest BCUT2D eigenvalue weighted by Gasteiger charge is 2.26. The molecule has 1 aromatic rings. The van der Waals surface area contributed by atoms with Crippen LogP contribution in [0.5, 0.6) is 5.75 Å². The highest BCUT2D eigenvalue weighted by molar-refractivity contribution is 5.28. The molecule has 0 bridgehead atoms. The number of benzene rings is 1. The van der Waals surface area contributed by atoms with Crippen molar-refractivity contribution < 1.29 is 9.50 Å². The highest BCUT2D eigenvalue weighted by atomic mass is 19.1. The van der Waals surface area contributed by atoms with E-state index in [0.717, 1.165) is 18.4 Å². The Bertz CT molecular complexity index is 411. The molecule has 4 heteroatoms. The summed E-state index contributed by atoms with van der Waals surface area (Å²) < 4.78 is 13.3. The first kappa shape index (κ1) is 13.3. The molecule has 3 nitrogen and oxygen atoms in total. The predicted molar refractivity (Wildman–Crippen MR) is 69.8 cm³/mol. The molecule has 0 amide bonds. The Morgan fingerprint density at radius 2 is 2.22 bits per heavy atom. The first-order valence-electron chi connectivity index (χ1n) is 6.55. The molecule has 2 atom stereocenters. The van der Waals surface area contributed by atoms with Gasteiger partial charge in [-0.15, -0.1) is 0 Å². The molecule has 2 rings (SSSR count). The quantitative estimate of drug-likeness (QED) is 0.867. The van der Waals surface area contributed by atoms with Gasteiger partial charge in [-0.05, 0) is 37.5 Å². The van der Waals surface area contributed by atoms with Crippen LogP contribution in [0.25, 0.3) is 0 Å². The minimum Gasteiger partial charge on any atom is -0.505 e. The number of hydrogen-bond acceptors (Lipinski definition) is 3. The van der Waals surface area contributed by atoms with Gasteiger partial charge in [-0.1, -0.05) is 12.5 Å². The first-order chi connectivity index (χ1) is 8.61. The van der Waals surface area contributed by atoms with Crippen molar-refractivity contribution in [3.63, 3.8) is 0 Å². The third-order valence-corrected chi connectivity index (χ3v) is 3.84. The molecule has 1 fully saturated rings. The Morgan fingerprint density at radius 1 is 1.44 bits per heavy atom. The van der Waals surface area contributed by atoms with Gasteiger partial charge in [0.05, 0.1) is 0 Å². The summed E-state index contributed by atoms with van der Waals surface area (Å²) in [6, 6.07) is 5.45. The SMILES string of the molecule is CC1CCCC(CN)N1Cc1ccc(O)c(F)c1. The Labute approximate surface area is 107 Å². The molecule has 0 spiro atoms. The molecule has 3 N–H and O–H groups in total. The molecule has 100 valence electrons. The third-order valence-electron chi connectivity index (χ3n) is 3.84. The summed E-state index contributed by atoms with van der Waals surface area (Å²) >= 11 is 0. The van der Waals surface area contributed by atoms with Crippen molar-refractivity contribution in [3.8, 4) is 5.75 Å². The first-order valence-corrected chi connectivity index (χ1v) is 6.55. The van der Waals surface area contributed by atoms with Gasteiger partial charge in [-0.3, -0.25) is 4.90 Å². The molecule has 2 unspecified atom stereocenters. The monoisotopic (exact) mass is 252 g/mol. The number of likely N-dealkylation sites (tertiary alicyclic amines) is 1. The zero-order valence-electron chi connectivity index (χ0n) is 10.8. The fraction of sp³-hybridized carbons (Fsp3) is 0.571. The van der Waals surface area contributed by atoms with Gasteiger partial charge in [0.2, 0.25) is 0 Å². The molecular formula is C14H21FN2O. The van der Waals surface area contributed by atoms with Gasteiger partial charge in [0, 0.05) is 25.2 Å². The zero-order valence-corrected chi connectivity index (χ0v) is 10.8. The van der Waals surface area contributed by atoms with E-state index >= 15 is 0 Å². The molecule has 1 heterocycles. The van der Waals surface area contributed by atoms with Gasteiger partial charge in [-0.2, -0.15) is 0 Å². The summed E-state index contributed by atoms with van der Waals surface area (Å²) in [5, 5.41) is 9.19. The van der Waals surface area contributed by atoms with Gasteiger partial charge in [0.25, 0.3) is 0 Å². The Morgan fingerprint density at radius 3 is 2.89 bits per heavy atom. The number of rotatable bonds is 3. The van der Waals surface area contributed by atoms with Crippen LogP contribution in [-0.4, -0.2) is 28.6 Å². The van der Waals surface area contributed by atoms with Crippen LogP contribution in [0.1, 0.15) is 31.7 Å². The molecule has 1 aliphatic heterocycles. The normalized spacial score (nSPS) is 25.3. The number of nitrogens with two attached hydrogens (primary N) is 1. The van der Waals surface area contributed by atoms with Gasteiger partial charge in [0.15, 0.2) is 11.6 Å². The minimum atomic E-state index is -0.554. The van der Waals surface area contributed by atoms with Crippen molar-refractivity contribution in [1.82, 2.24) is 4.90 Å². The summed E-state index contributed by atoms with van der Waals surface area (Å²) in [5.74, 6) is -0.845. The number of hydrogen-bond donors (Lipinski definition) is 2. The molecular weight excluding hydrogens is 231 g/mol. The van der Waals surface area contributed by atoms with E-state index in [9.17, 15) is 9.50 Å². The molecule has 0 saturated carbocycles. The maximum absolute atomic E-state index is 13.3. The van der Waals surface area contributed by atoms with Crippen molar-refractivity contribution in [1.29, 1.82) is 0 Å². The van der Waals surface area contributed by atoms with E-state index in [1.165, 1.54) is 18.6 Å². The fourth-order valence-electron chi connectivity index (χ4n) is 2.74. The van der Waals surface area contributed by atoms with Gasteiger partial charge >= 0.3 is 0 Å². The van der Waals surface area contributed by atoms with Crippen LogP contribution in [0.3, 0.4) is 0 Å². The summed E-state index contributed by atoms with van der Waals surface area (Å²) in [5.41, 5.74) is 6.69. The molecule has 1 saturated heterocycles. The second-order valence-electron chi connectivity index (χ2n) is 5.13. The van der Waals surface area contributed by atoms with Crippen molar-refractivity contribution in [2.24, 2.45) is 5.73 Å². The van der Waals surface area contributed by atoms with E-state index in [4.69, 9.17) is 5.73 Å². The van der Waals surface area contributed by atoms with Crippen LogP contribution >= 0.6 is 0 Å². The summed E-state index contributed by atoms with van der Waals surface area (Å²) in [6.45, 7) is 3.53. The summed E-state index contributed by atoms with van der Waals surface area (Å²) in [7, 11) is 0. The third kappa shape index (κ3) is 2.82. The van der Waals surface area contributed by atoms with Crippen LogP contribution in [-0.2, 0) is 6.54 Å². The summed E-state index contributed by atoms with van der Waals surface area (Å²) in [6.07, 6.45) is 3.49. The van der Waals surface area contributed by atoms with Crippen LogP contribution in [0.15, 0.2) is 18.2 Å². The average molecular weight is 252 g/mol. The number of phenolic OH excluding ortho intramolecular Hbond substituents is 1. The molecule has 1 aliphatic rings. The zero-order chi connectivity index (χ0) is 13.1. The van der Waals surface area contributed by atoms with E-state index in [-0.39, 0.29) is 5.75 Å². The number of phenols is 1. The van der Waals surface area contributed by atoms with Crippen LogP contribution in [0.2, 0.25) is 0 Å². The number of piperidine rings is 1. The van der Waals surface area contributed by atoms with Crippen LogP contribution in [0, 0.1) is 5.82 Å². The van der Waals surface area contributed by atoms with E-state index < -0.39 is 5.82 Å². The number of halogens is 1. The van der Waals surface area contributed by atoms with Crippen LogP contribution < -0.4 is 5.73 Å². The highest BCUT2D eigenvalue weighted by Crippen LogP contribution is 2.25. The van der Waals surface area contributed by atoms with Crippen molar-refractivity contribution in [2.75, 3.05) is 6.54 Å². The molecule has 18 heavy (non-hydrogen) atoms. The summed E-state index contributed by atoms with van der Waals surface area (Å²) in [4.78, 5) is 2.34. The Kier molecular flexibility index (Phi) is 4.19. The second-order valence-corrected chi connectivity index (χ2v) is 5.13. The lowest BCUT2D eigenvalue weighted by atomic mass is 9.95. The molecule has 0 radical (unpaired) electrons. The van der Waals surface area contributed by atoms with E-state index in [2.05, 4.69) is 11.8 Å². The van der Waals surface area contributed by atoms with Gasteiger partial charge in [-0.25, -0.2) is 4.39 Å². The lowest BCUT2D eigenvalue weighted by Crippen LogP contribution is -2.48. The lowest BCUT2D eigenvalue weighted by molar-refractivity contribution is 0.0891. The molecule has 0 aromatic heterocycles. The van der Waals surface area contributed by atoms with Gasteiger partial charge in [0.1, 0.15) is 0 Å². The standard InChI is InChI=1S/C14H21FN2O/c1-10-3-2-4-12(8-16)17(10)9-11-5-6-14(18)13(15)7-11/h5-7,10,12,18H,2-4,8-9,16H2,1H3. The van der Waals surface area contributed by atoms with Crippen molar-refractivity contribution in [3.05, 3.63) is 29.6 Å². The second kappa shape index (κ2) is 5.67. The minimum absolute atomic E-state index is 0.291. The number of nitrogens with zero attached hydrogens (tertiary/aromatic N) is 1. The molecule has 1 aromatic carbocycles.